The highest BCUT2D eigenvalue weighted by atomic mass is 16.6. The zero-order valence-electron chi connectivity index (χ0n) is 9.99. The molecule has 0 bridgehead atoms. The van der Waals surface area contributed by atoms with Crippen LogP contribution < -0.4 is 10.6 Å². The highest BCUT2D eigenvalue weighted by Crippen LogP contribution is 2.44. The van der Waals surface area contributed by atoms with Gasteiger partial charge in [-0.3, -0.25) is 10.1 Å². The highest BCUT2D eigenvalue weighted by molar-refractivity contribution is 5.54. The summed E-state index contributed by atoms with van der Waals surface area (Å²) in [5, 5.41) is 16.7. The van der Waals surface area contributed by atoms with E-state index in [1.54, 1.807) is 7.05 Å². The summed E-state index contributed by atoms with van der Waals surface area (Å²) in [6.07, 6.45) is 2.40. The number of rotatable bonds is 5. The summed E-state index contributed by atoms with van der Waals surface area (Å²) < 4.78 is 0. The monoisotopic (exact) mass is 236 g/mol. The largest absolute Gasteiger partial charge is 0.373 e. The molecule has 6 heteroatoms. The number of nitrogens with one attached hydrogen (secondary N) is 2. The van der Waals surface area contributed by atoms with E-state index in [1.165, 1.54) is 25.0 Å². The molecule has 1 aromatic heterocycles. The van der Waals surface area contributed by atoms with E-state index >= 15 is 0 Å². The second kappa shape index (κ2) is 4.20. The summed E-state index contributed by atoms with van der Waals surface area (Å²) in [7, 11) is 1.69. The lowest BCUT2D eigenvalue weighted by atomic mass is 10.1. The molecular formula is C11H16N4O2. The summed E-state index contributed by atoms with van der Waals surface area (Å²) in [5.74, 6) is 1.05. The molecule has 0 atom stereocenters. The van der Waals surface area contributed by atoms with Crippen molar-refractivity contribution in [2.75, 3.05) is 24.2 Å². The van der Waals surface area contributed by atoms with Gasteiger partial charge in [0.1, 0.15) is 11.6 Å². The normalized spacial score (nSPS) is 16.4. The number of aromatic nitrogens is 1. The van der Waals surface area contributed by atoms with Crippen molar-refractivity contribution in [3.05, 3.63) is 22.2 Å². The maximum Gasteiger partial charge on any atom is 0.276 e. The third-order valence-corrected chi connectivity index (χ3v) is 3.08. The zero-order valence-corrected chi connectivity index (χ0v) is 9.99. The van der Waals surface area contributed by atoms with E-state index in [4.69, 9.17) is 0 Å². The summed E-state index contributed by atoms with van der Waals surface area (Å²) in [4.78, 5) is 14.6. The van der Waals surface area contributed by atoms with Crippen LogP contribution in [0.4, 0.5) is 17.3 Å². The van der Waals surface area contributed by atoms with Crippen molar-refractivity contribution in [2.45, 2.75) is 19.8 Å². The van der Waals surface area contributed by atoms with Gasteiger partial charge in [-0.25, -0.2) is 4.98 Å². The summed E-state index contributed by atoms with van der Waals surface area (Å²) in [6.45, 7) is 3.00. The Balaban J connectivity index is 2.14. The molecule has 0 aromatic carbocycles. The molecule has 17 heavy (non-hydrogen) atoms. The van der Waals surface area contributed by atoms with Crippen molar-refractivity contribution in [2.24, 2.45) is 5.41 Å². The van der Waals surface area contributed by atoms with Gasteiger partial charge in [-0.15, -0.1) is 0 Å². The first-order chi connectivity index (χ1) is 8.02. The van der Waals surface area contributed by atoms with Gasteiger partial charge in [0.15, 0.2) is 0 Å². The second-order valence-electron chi connectivity index (χ2n) is 4.77. The maximum absolute atomic E-state index is 10.8. The summed E-state index contributed by atoms with van der Waals surface area (Å²) in [6, 6.07) is 2.89. The molecule has 92 valence electrons. The van der Waals surface area contributed by atoms with Gasteiger partial charge in [0.25, 0.3) is 5.69 Å². The second-order valence-corrected chi connectivity index (χ2v) is 4.77. The third-order valence-electron chi connectivity index (χ3n) is 3.08. The molecule has 6 nitrogen and oxygen atoms in total. The number of hydrogen-bond acceptors (Lipinski definition) is 5. The first kappa shape index (κ1) is 11.6. The average Bonchev–Trinajstić information content (AvgIpc) is 3.05. The van der Waals surface area contributed by atoms with Crippen LogP contribution in [0.25, 0.3) is 0 Å². The van der Waals surface area contributed by atoms with E-state index in [0.29, 0.717) is 17.1 Å². The Labute approximate surface area is 99.6 Å². The van der Waals surface area contributed by atoms with E-state index in [0.717, 1.165) is 6.54 Å². The van der Waals surface area contributed by atoms with E-state index < -0.39 is 4.92 Å². The molecule has 0 saturated heterocycles. The SMILES string of the molecule is CNc1cc([N+](=O)[O-])cc(NCC2(C)CC2)n1. The molecule has 0 unspecified atom stereocenters. The predicted molar refractivity (Wildman–Crippen MR) is 66.3 cm³/mol. The lowest BCUT2D eigenvalue weighted by Crippen LogP contribution is -2.13. The molecule has 1 fully saturated rings. The molecule has 1 aliphatic rings. The number of anilines is 2. The molecule has 0 amide bonds. The van der Waals surface area contributed by atoms with Crippen molar-refractivity contribution >= 4 is 17.3 Å². The van der Waals surface area contributed by atoms with Crippen molar-refractivity contribution in [3.63, 3.8) is 0 Å². The van der Waals surface area contributed by atoms with Crippen molar-refractivity contribution in [3.8, 4) is 0 Å². The van der Waals surface area contributed by atoms with Gasteiger partial charge in [-0.1, -0.05) is 6.92 Å². The lowest BCUT2D eigenvalue weighted by Gasteiger charge is -2.11. The molecule has 1 saturated carbocycles. The minimum absolute atomic E-state index is 0.0489. The van der Waals surface area contributed by atoms with E-state index in [1.807, 2.05) is 0 Å². The quantitative estimate of drug-likeness (QED) is 0.605. The molecule has 2 rings (SSSR count). The Morgan fingerprint density at radius 3 is 2.65 bits per heavy atom. The molecule has 1 heterocycles. The topological polar surface area (TPSA) is 80.1 Å². The van der Waals surface area contributed by atoms with E-state index in [2.05, 4.69) is 22.5 Å². The number of nitro groups is 1. The smallest absolute Gasteiger partial charge is 0.276 e. The highest BCUT2D eigenvalue weighted by Gasteiger charge is 2.36. The van der Waals surface area contributed by atoms with Gasteiger partial charge in [-0.2, -0.15) is 0 Å². The Bertz CT molecular complexity index is 443. The van der Waals surface area contributed by atoms with Crippen molar-refractivity contribution in [1.82, 2.24) is 4.98 Å². The molecule has 1 aliphatic carbocycles. The number of hydrogen-bond donors (Lipinski definition) is 2. The van der Waals surface area contributed by atoms with Gasteiger partial charge in [-0.05, 0) is 18.3 Å². The third kappa shape index (κ3) is 2.83. The van der Waals surface area contributed by atoms with Crippen LogP contribution in [-0.4, -0.2) is 23.5 Å². The Morgan fingerprint density at radius 2 is 2.12 bits per heavy atom. The fourth-order valence-electron chi connectivity index (χ4n) is 1.53. The van der Waals surface area contributed by atoms with Gasteiger partial charge in [0, 0.05) is 13.6 Å². The van der Waals surface area contributed by atoms with Gasteiger partial charge >= 0.3 is 0 Å². The first-order valence-electron chi connectivity index (χ1n) is 5.60. The van der Waals surface area contributed by atoms with E-state index in [9.17, 15) is 10.1 Å². The maximum atomic E-state index is 10.8. The van der Waals surface area contributed by atoms with Crippen LogP contribution in [0.15, 0.2) is 12.1 Å². The van der Waals surface area contributed by atoms with Crippen LogP contribution in [-0.2, 0) is 0 Å². The van der Waals surface area contributed by atoms with Crippen LogP contribution in [0.1, 0.15) is 19.8 Å². The molecule has 1 aromatic rings. The van der Waals surface area contributed by atoms with Crippen LogP contribution in [0.5, 0.6) is 0 Å². The summed E-state index contributed by atoms with van der Waals surface area (Å²) >= 11 is 0. The minimum Gasteiger partial charge on any atom is -0.373 e. The first-order valence-corrected chi connectivity index (χ1v) is 5.60. The van der Waals surface area contributed by atoms with Gasteiger partial charge < -0.3 is 10.6 Å². The van der Waals surface area contributed by atoms with E-state index in [-0.39, 0.29) is 5.69 Å². The molecule has 0 radical (unpaired) electrons. The Morgan fingerprint density at radius 1 is 1.47 bits per heavy atom. The van der Waals surface area contributed by atoms with Gasteiger partial charge in [0.2, 0.25) is 0 Å². The Hall–Kier alpha value is -1.85. The zero-order chi connectivity index (χ0) is 12.5. The number of pyridine rings is 1. The molecule has 0 spiro atoms. The van der Waals surface area contributed by atoms with Crippen LogP contribution in [0, 0.1) is 15.5 Å². The lowest BCUT2D eigenvalue weighted by molar-refractivity contribution is -0.384. The minimum atomic E-state index is -0.410. The number of nitrogens with zero attached hydrogens (tertiary/aromatic N) is 2. The van der Waals surface area contributed by atoms with Crippen LogP contribution in [0.2, 0.25) is 0 Å². The van der Waals surface area contributed by atoms with Crippen molar-refractivity contribution < 1.29 is 4.92 Å². The molecular weight excluding hydrogens is 220 g/mol. The van der Waals surface area contributed by atoms with Gasteiger partial charge in [0.05, 0.1) is 17.1 Å². The fourth-order valence-corrected chi connectivity index (χ4v) is 1.53. The standard InChI is InChI=1S/C11H16N4O2/c1-11(3-4-11)7-13-10-6-8(15(16)17)5-9(12-2)14-10/h5-6H,3-4,7H2,1-2H3,(H2,12,13,14). The summed E-state index contributed by atoms with van der Waals surface area (Å²) in [5.41, 5.74) is 0.388. The average molecular weight is 236 g/mol. The van der Waals surface area contributed by atoms with Crippen LogP contribution >= 0.6 is 0 Å². The molecule has 2 N–H and O–H groups in total. The van der Waals surface area contributed by atoms with Crippen LogP contribution in [0.3, 0.4) is 0 Å². The Kier molecular flexibility index (Phi) is 2.87. The fraction of sp³-hybridized carbons (Fsp3) is 0.545. The predicted octanol–water partition coefficient (Wildman–Crippen LogP) is 2.24. The molecule has 0 aliphatic heterocycles. The van der Waals surface area contributed by atoms with Crippen molar-refractivity contribution in [1.29, 1.82) is 0 Å².